The first-order valence-electron chi connectivity index (χ1n) is 5.11. The summed E-state index contributed by atoms with van der Waals surface area (Å²) in [6.07, 6.45) is 2.56. The van der Waals surface area contributed by atoms with Crippen LogP contribution in [0, 0.1) is 0 Å². The Morgan fingerprint density at radius 2 is 1.86 bits per heavy atom. The molecule has 0 amide bonds. The number of benzene rings is 1. The summed E-state index contributed by atoms with van der Waals surface area (Å²) in [5.74, 6) is 0. The van der Waals surface area contributed by atoms with E-state index in [-0.39, 0.29) is 6.61 Å². The summed E-state index contributed by atoms with van der Waals surface area (Å²) in [5.41, 5.74) is -0.256. The summed E-state index contributed by atoms with van der Waals surface area (Å²) in [4.78, 5) is 0. The van der Waals surface area contributed by atoms with Crippen molar-refractivity contribution in [2.45, 2.75) is 31.8 Å². The van der Waals surface area contributed by atoms with E-state index < -0.39 is 5.60 Å². The summed E-state index contributed by atoms with van der Waals surface area (Å²) in [6.45, 7) is 1.86. The van der Waals surface area contributed by atoms with Crippen LogP contribution in [0.4, 0.5) is 0 Å². The molecule has 2 N–H and O–H groups in total. The van der Waals surface area contributed by atoms with Gasteiger partial charge in [-0.05, 0) is 12.0 Å². The lowest BCUT2D eigenvalue weighted by atomic mass is 9.89. The van der Waals surface area contributed by atoms with Crippen molar-refractivity contribution in [3.05, 3.63) is 35.9 Å². The molecule has 0 saturated heterocycles. The predicted molar refractivity (Wildman–Crippen MR) is 56.9 cm³/mol. The van der Waals surface area contributed by atoms with E-state index >= 15 is 0 Å². The van der Waals surface area contributed by atoms with E-state index in [1.54, 1.807) is 0 Å². The van der Waals surface area contributed by atoms with Gasteiger partial charge in [0.15, 0.2) is 0 Å². The van der Waals surface area contributed by atoms with E-state index in [2.05, 4.69) is 6.92 Å². The van der Waals surface area contributed by atoms with Crippen LogP contribution in [0.25, 0.3) is 0 Å². The van der Waals surface area contributed by atoms with Crippen molar-refractivity contribution in [2.24, 2.45) is 0 Å². The Morgan fingerprint density at radius 3 is 2.36 bits per heavy atom. The van der Waals surface area contributed by atoms with Crippen LogP contribution < -0.4 is 0 Å². The number of hydrogen-bond donors (Lipinski definition) is 2. The molecule has 0 aliphatic carbocycles. The standard InChI is InChI=1S/C12H18O2/c1-2-3-9-12(14,10-13)11-7-5-4-6-8-11/h4-8,13-14H,2-3,9-10H2,1H3. The van der Waals surface area contributed by atoms with Crippen LogP contribution >= 0.6 is 0 Å². The number of rotatable bonds is 5. The second kappa shape index (κ2) is 5.13. The smallest absolute Gasteiger partial charge is 0.113 e. The fraction of sp³-hybridized carbons (Fsp3) is 0.500. The molecule has 0 aliphatic rings. The van der Waals surface area contributed by atoms with Crippen molar-refractivity contribution < 1.29 is 10.2 Å². The summed E-state index contributed by atoms with van der Waals surface area (Å²) < 4.78 is 0. The maximum atomic E-state index is 10.2. The molecule has 0 bridgehead atoms. The molecule has 0 saturated carbocycles. The molecule has 2 heteroatoms. The second-order valence-corrected chi connectivity index (χ2v) is 3.66. The largest absolute Gasteiger partial charge is 0.393 e. The fourth-order valence-electron chi connectivity index (χ4n) is 1.53. The molecule has 0 spiro atoms. The molecule has 0 fully saturated rings. The molecule has 1 atom stereocenters. The molecular weight excluding hydrogens is 176 g/mol. The minimum atomic E-state index is -1.06. The highest BCUT2D eigenvalue weighted by Gasteiger charge is 2.26. The van der Waals surface area contributed by atoms with Gasteiger partial charge in [-0.15, -0.1) is 0 Å². The summed E-state index contributed by atoms with van der Waals surface area (Å²) in [5, 5.41) is 19.4. The molecule has 14 heavy (non-hydrogen) atoms. The lowest BCUT2D eigenvalue weighted by Crippen LogP contribution is -2.30. The highest BCUT2D eigenvalue weighted by molar-refractivity contribution is 5.22. The Hall–Kier alpha value is -0.860. The maximum Gasteiger partial charge on any atom is 0.113 e. The lowest BCUT2D eigenvalue weighted by Gasteiger charge is -2.26. The third-order valence-electron chi connectivity index (χ3n) is 2.52. The summed E-state index contributed by atoms with van der Waals surface area (Å²) >= 11 is 0. The third kappa shape index (κ3) is 2.56. The highest BCUT2D eigenvalue weighted by atomic mass is 16.3. The Labute approximate surface area is 85.2 Å². The van der Waals surface area contributed by atoms with Crippen LogP contribution in [0.2, 0.25) is 0 Å². The van der Waals surface area contributed by atoms with Crippen LogP contribution in [0.3, 0.4) is 0 Å². The van der Waals surface area contributed by atoms with Crippen molar-refractivity contribution in [1.82, 2.24) is 0 Å². The normalized spacial score (nSPS) is 15.1. The zero-order chi connectivity index (χ0) is 10.4. The van der Waals surface area contributed by atoms with Crippen molar-refractivity contribution in [3.63, 3.8) is 0 Å². The molecule has 1 unspecified atom stereocenters. The van der Waals surface area contributed by atoms with Crippen LogP contribution in [-0.2, 0) is 5.60 Å². The van der Waals surface area contributed by atoms with Gasteiger partial charge in [-0.25, -0.2) is 0 Å². The number of hydrogen-bond acceptors (Lipinski definition) is 2. The van der Waals surface area contributed by atoms with Gasteiger partial charge in [0.2, 0.25) is 0 Å². The first-order chi connectivity index (χ1) is 6.73. The quantitative estimate of drug-likeness (QED) is 0.753. The summed E-state index contributed by atoms with van der Waals surface area (Å²) in [7, 11) is 0. The average molecular weight is 194 g/mol. The zero-order valence-electron chi connectivity index (χ0n) is 8.61. The van der Waals surface area contributed by atoms with Gasteiger partial charge in [0, 0.05) is 0 Å². The van der Waals surface area contributed by atoms with E-state index in [0.29, 0.717) is 6.42 Å². The average Bonchev–Trinajstić information content (AvgIpc) is 2.27. The molecule has 0 radical (unpaired) electrons. The van der Waals surface area contributed by atoms with Gasteiger partial charge < -0.3 is 10.2 Å². The van der Waals surface area contributed by atoms with Crippen molar-refractivity contribution in [2.75, 3.05) is 6.61 Å². The molecule has 78 valence electrons. The first kappa shape index (κ1) is 11.2. The van der Waals surface area contributed by atoms with Crippen LogP contribution in [0.1, 0.15) is 31.7 Å². The number of unbranched alkanes of at least 4 members (excludes halogenated alkanes) is 1. The maximum absolute atomic E-state index is 10.2. The molecule has 2 nitrogen and oxygen atoms in total. The van der Waals surface area contributed by atoms with Crippen molar-refractivity contribution in [1.29, 1.82) is 0 Å². The summed E-state index contributed by atoms with van der Waals surface area (Å²) in [6, 6.07) is 9.36. The van der Waals surface area contributed by atoms with Crippen molar-refractivity contribution in [3.8, 4) is 0 Å². The molecule has 0 aromatic heterocycles. The Bertz CT molecular complexity index is 258. The van der Waals surface area contributed by atoms with E-state index in [1.165, 1.54) is 0 Å². The van der Waals surface area contributed by atoms with Gasteiger partial charge in [0.1, 0.15) is 5.60 Å². The predicted octanol–water partition coefficient (Wildman–Crippen LogP) is 2.06. The highest BCUT2D eigenvalue weighted by Crippen LogP contribution is 2.26. The van der Waals surface area contributed by atoms with Crippen LogP contribution in [0.5, 0.6) is 0 Å². The Morgan fingerprint density at radius 1 is 1.21 bits per heavy atom. The van der Waals surface area contributed by atoms with Gasteiger partial charge in [-0.2, -0.15) is 0 Å². The third-order valence-corrected chi connectivity index (χ3v) is 2.52. The molecule has 1 rings (SSSR count). The minimum Gasteiger partial charge on any atom is -0.393 e. The Balaban J connectivity index is 2.79. The number of aliphatic hydroxyl groups excluding tert-OH is 1. The van der Waals surface area contributed by atoms with Gasteiger partial charge in [0.05, 0.1) is 6.61 Å². The van der Waals surface area contributed by atoms with Gasteiger partial charge in [0.25, 0.3) is 0 Å². The van der Waals surface area contributed by atoms with E-state index in [0.717, 1.165) is 18.4 Å². The van der Waals surface area contributed by atoms with Crippen LogP contribution in [0.15, 0.2) is 30.3 Å². The van der Waals surface area contributed by atoms with E-state index in [1.807, 2.05) is 30.3 Å². The van der Waals surface area contributed by atoms with Gasteiger partial charge in [-0.3, -0.25) is 0 Å². The monoisotopic (exact) mass is 194 g/mol. The molecule has 1 aromatic rings. The van der Waals surface area contributed by atoms with Gasteiger partial charge in [-0.1, -0.05) is 50.1 Å². The van der Waals surface area contributed by atoms with Gasteiger partial charge >= 0.3 is 0 Å². The minimum absolute atomic E-state index is 0.211. The van der Waals surface area contributed by atoms with Crippen molar-refractivity contribution >= 4 is 0 Å². The second-order valence-electron chi connectivity index (χ2n) is 3.66. The zero-order valence-corrected chi connectivity index (χ0v) is 8.61. The van der Waals surface area contributed by atoms with Crippen LogP contribution in [-0.4, -0.2) is 16.8 Å². The fourth-order valence-corrected chi connectivity index (χ4v) is 1.53. The lowest BCUT2D eigenvalue weighted by molar-refractivity contribution is -0.0277. The topological polar surface area (TPSA) is 40.5 Å². The molecule has 0 heterocycles. The molecular formula is C12H18O2. The molecule has 1 aromatic carbocycles. The molecule has 0 aliphatic heterocycles. The SMILES string of the molecule is CCCCC(O)(CO)c1ccccc1. The Kier molecular flexibility index (Phi) is 4.11. The van der Waals surface area contributed by atoms with E-state index in [9.17, 15) is 10.2 Å². The first-order valence-corrected chi connectivity index (χ1v) is 5.11. The number of aliphatic hydroxyl groups is 2. The van der Waals surface area contributed by atoms with E-state index in [4.69, 9.17) is 0 Å².